The third-order valence-corrected chi connectivity index (χ3v) is 4.65. The average molecular weight is 353 g/mol. The number of carbonyl (C=O) groups excluding carboxylic acids is 1. The topological polar surface area (TPSA) is 85.8 Å². The number of aromatic nitrogens is 4. The van der Waals surface area contributed by atoms with E-state index in [1.165, 1.54) is 0 Å². The molecule has 1 N–H and O–H groups in total. The Morgan fingerprint density at radius 1 is 1.36 bits per heavy atom. The third-order valence-electron chi connectivity index (χ3n) is 3.79. The van der Waals surface area contributed by atoms with Crippen molar-refractivity contribution in [3.8, 4) is 10.8 Å². The molecule has 0 saturated carbocycles. The largest absolute Gasteiger partial charge is 0.443 e. The van der Waals surface area contributed by atoms with Crippen LogP contribution in [-0.4, -0.2) is 25.9 Å². The molecule has 0 aliphatic carbocycles. The Kier molecular flexibility index (Phi) is 4.02. The molecule has 3 heterocycles. The summed E-state index contributed by atoms with van der Waals surface area (Å²) in [5.41, 5.74) is 2.83. The minimum Gasteiger partial charge on any atom is -0.443 e. The molecule has 1 aromatic carbocycles. The summed E-state index contributed by atoms with van der Waals surface area (Å²) in [6.07, 6.45) is 1.56. The lowest BCUT2D eigenvalue weighted by Crippen LogP contribution is -2.22. The number of hydrogen-bond acceptors (Lipinski definition) is 6. The molecule has 0 aliphatic heterocycles. The van der Waals surface area contributed by atoms with E-state index in [0.29, 0.717) is 29.2 Å². The Bertz CT molecular complexity index is 1020. The molecule has 8 heteroatoms. The SMILES string of the molecule is CCn1nnc2cc(C(=O)NCc3coc(-c4cccs4)n3)ccc21. The standard InChI is InChI=1S/C17H15N5O2S/c1-2-22-14-6-5-11(8-13(14)20-21-22)16(23)18-9-12-10-24-17(19-12)15-4-3-7-25-15/h3-8,10H,2,9H2,1H3,(H,18,23). The first-order chi connectivity index (χ1) is 12.2. The van der Waals surface area contributed by atoms with Crippen LogP contribution in [-0.2, 0) is 13.1 Å². The van der Waals surface area contributed by atoms with Gasteiger partial charge in [0.1, 0.15) is 11.8 Å². The Morgan fingerprint density at radius 2 is 2.28 bits per heavy atom. The van der Waals surface area contributed by atoms with Gasteiger partial charge >= 0.3 is 0 Å². The van der Waals surface area contributed by atoms with Crippen molar-refractivity contribution in [3.05, 3.63) is 53.2 Å². The maximum Gasteiger partial charge on any atom is 0.251 e. The van der Waals surface area contributed by atoms with E-state index >= 15 is 0 Å². The van der Waals surface area contributed by atoms with Crippen molar-refractivity contribution < 1.29 is 9.21 Å². The number of oxazole rings is 1. The fourth-order valence-electron chi connectivity index (χ4n) is 2.52. The maximum atomic E-state index is 12.4. The normalized spacial score (nSPS) is 11.1. The number of nitrogens with one attached hydrogen (secondary N) is 1. The van der Waals surface area contributed by atoms with E-state index in [0.717, 1.165) is 16.9 Å². The number of benzene rings is 1. The van der Waals surface area contributed by atoms with Crippen molar-refractivity contribution in [2.45, 2.75) is 20.0 Å². The molecule has 0 radical (unpaired) electrons. The molecule has 0 atom stereocenters. The summed E-state index contributed by atoms with van der Waals surface area (Å²) >= 11 is 1.56. The lowest BCUT2D eigenvalue weighted by molar-refractivity contribution is 0.0950. The summed E-state index contributed by atoms with van der Waals surface area (Å²) in [7, 11) is 0. The second kappa shape index (κ2) is 6.48. The fraction of sp³-hybridized carbons (Fsp3) is 0.176. The average Bonchev–Trinajstić information content (AvgIpc) is 3.38. The molecule has 0 spiro atoms. The molecule has 4 aromatic rings. The molecule has 0 fully saturated rings. The smallest absolute Gasteiger partial charge is 0.251 e. The van der Waals surface area contributed by atoms with E-state index in [-0.39, 0.29) is 5.91 Å². The summed E-state index contributed by atoms with van der Waals surface area (Å²) in [6.45, 7) is 3.03. The minimum absolute atomic E-state index is 0.186. The highest BCUT2D eigenvalue weighted by atomic mass is 32.1. The molecule has 1 amide bonds. The molecular weight excluding hydrogens is 338 g/mol. The molecule has 3 aromatic heterocycles. The van der Waals surface area contributed by atoms with Gasteiger partial charge < -0.3 is 9.73 Å². The van der Waals surface area contributed by atoms with Gasteiger partial charge in [-0.15, -0.1) is 16.4 Å². The number of hydrogen-bond donors (Lipinski definition) is 1. The Balaban J connectivity index is 1.45. The quantitative estimate of drug-likeness (QED) is 0.596. The summed E-state index contributed by atoms with van der Waals surface area (Å²) in [5.74, 6) is 0.380. The van der Waals surface area contributed by atoms with Crippen molar-refractivity contribution in [1.29, 1.82) is 0 Å². The van der Waals surface area contributed by atoms with Gasteiger partial charge in [0.25, 0.3) is 5.91 Å². The summed E-state index contributed by atoms with van der Waals surface area (Å²) in [4.78, 5) is 17.7. The highest BCUT2D eigenvalue weighted by molar-refractivity contribution is 7.13. The van der Waals surface area contributed by atoms with Crippen molar-refractivity contribution in [2.24, 2.45) is 0 Å². The van der Waals surface area contributed by atoms with Crippen molar-refractivity contribution in [2.75, 3.05) is 0 Å². The fourth-order valence-corrected chi connectivity index (χ4v) is 3.18. The van der Waals surface area contributed by atoms with E-state index in [4.69, 9.17) is 4.42 Å². The van der Waals surface area contributed by atoms with Gasteiger partial charge in [-0.25, -0.2) is 9.67 Å². The lowest BCUT2D eigenvalue weighted by atomic mass is 10.2. The van der Waals surface area contributed by atoms with Crippen LogP contribution in [0.3, 0.4) is 0 Å². The second-order valence-electron chi connectivity index (χ2n) is 5.41. The van der Waals surface area contributed by atoms with Gasteiger partial charge in [-0.3, -0.25) is 4.79 Å². The maximum absolute atomic E-state index is 12.4. The zero-order valence-electron chi connectivity index (χ0n) is 13.5. The highest BCUT2D eigenvalue weighted by Crippen LogP contribution is 2.23. The van der Waals surface area contributed by atoms with Gasteiger partial charge in [0.15, 0.2) is 0 Å². The zero-order chi connectivity index (χ0) is 17.2. The lowest BCUT2D eigenvalue weighted by Gasteiger charge is -2.03. The number of rotatable bonds is 5. The van der Waals surface area contributed by atoms with Crippen LogP contribution >= 0.6 is 11.3 Å². The number of thiophene rings is 1. The first-order valence-electron chi connectivity index (χ1n) is 7.84. The Morgan fingerprint density at radius 3 is 3.08 bits per heavy atom. The predicted molar refractivity (Wildman–Crippen MR) is 94.2 cm³/mol. The third kappa shape index (κ3) is 3.03. The number of amides is 1. The molecular formula is C17H15N5O2S. The second-order valence-corrected chi connectivity index (χ2v) is 6.36. The van der Waals surface area contributed by atoms with Gasteiger partial charge in [0.2, 0.25) is 5.89 Å². The molecule has 126 valence electrons. The van der Waals surface area contributed by atoms with Crippen LogP contribution in [0, 0.1) is 0 Å². The van der Waals surface area contributed by atoms with Crippen LogP contribution in [0.5, 0.6) is 0 Å². The molecule has 0 aliphatic rings. The monoisotopic (exact) mass is 353 g/mol. The van der Waals surface area contributed by atoms with Gasteiger partial charge in [0, 0.05) is 12.1 Å². The van der Waals surface area contributed by atoms with E-state index in [9.17, 15) is 4.79 Å². The predicted octanol–water partition coefficient (Wildman–Crippen LogP) is 3.10. The molecule has 25 heavy (non-hydrogen) atoms. The number of aryl methyl sites for hydroxylation is 1. The van der Waals surface area contributed by atoms with Crippen LogP contribution in [0.15, 0.2) is 46.4 Å². The van der Waals surface area contributed by atoms with E-state index in [1.54, 1.807) is 34.4 Å². The molecule has 4 rings (SSSR count). The van der Waals surface area contributed by atoms with Crippen molar-refractivity contribution >= 4 is 28.3 Å². The van der Waals surface area contributed by atoms with Gasteiger partial charge in [-0.05, 0) is 36.6 Å². The Labute approximate surface area is 147 Å². The number of carbonyl (C=O) groups is 1. The summed E-state index contributed by atoms with van der Waals surface area (Å²) in [5, 5.41) is 12.9. The van der Waals surface area contributed by atoms with Crippen molar-refractivity contribution in [1.82, 2.24) is 25.3 Å². The number of fused-ring (bicyclic) bond motifs is 1. The zero-order valence-corrected chi connectivity index (χ0v) is 14.3. The van der Waals surface area contributed by atoms with Crippen LogP contribution in [0.1, 0.15) is 23.0 Å². The van der Waals surface area contributed by atoms with Crippen LogP contribution in [0.25, 0.3) is 21.8 Å². The molecule has 0 bridgehead atoms. The van der Waals surface area contributed by atoms with E-state index < -0.39 is 0 Å². The molecule has 7 nitrogen and oxygen atoms in total. The van der Waals surface area contributed by atoms with E-state index in [2.05, 4.69) is 20.6 Å². The molecule has 0 unspecified atom stereocenters. The van der Waals surface area contributed by atoms with Crippen molar-refractivity contribution in [3.63, 3.8) is 0 Å². The Hall–Kier alpha value is -3.00. The summed E-state index contributed by atoms with van der Waals surface area (Å²) < 4.78 is 7.24. The van der Waals surface area contributed by atoms with Crippen LogP contribution in [0.4, 0.5) is 0 Å². The first-order valence-corrected chi connectivity index (χ1v) is 8.72. The van der Waals surface area contributed by atoms with Crippen LogP contribution in [0.2, 0.25) is 0 Å². The number of nitrogens with zero attached hydrogens (tertiary/aromatic N) is 4. The first kappa shape index (κ1) is 15.5. The minimum atomic E-state index is -0.186. The van der Waals surface area contributed by atoms with Gasteiger partial charge in [-0.1, -0.05) is 11.3 Å². The van der Waals surface area contributed by atoms with E-state index in [1.807, 2.05) is 30.5 Å². The highest BCUT2D eigenvalue weighted by Gasteiger charge is 2.12. The van der Waals surface area contributed by atoms with Gasteiger partial charge in [-0.2, -0.15) is 0 Å². The summed E-state index contributed by atoms with van der Waals surface area (Å²) in [6, 6.07) is 9.25. The van der Waals surface area contributed by atoms with Gasteiger partial charge in [0.05, 0.1) is 22.6 Å². The van der Waals surface area contributed by atoms with Crippen LogP contribution < -0.4 is 5.32 Å². The molecule has 0 saturated heterocycles.